The van der Waals surface area contributed by atoms with Crippen molar-refractivity contribution in [3.05, 3.63) is 52.7 Å². The normalized spacial score (nSPS) is 24.6. The number of benzene rings is 1. The van der Waals surface area contributed by atoms with Crippen molar-refractivity contribution in [1.82, 2.24) is 24.8 Å². The molecule has 1 aliphatic rings. The number of carbonyl (C=O) groups excluding carboxylic acids is 1. The Morgan fingerprint density at radius 1 is 1.29 bits per heavy atom. The lowest BCUT2D eigenvalue weighted by Gasteiger charge is -2.32. The third-order valence-corrected chi connectivity index (χ3v) is 6.55. The molecule has 1 amide bonds. The fourth-order valence-corrected chi connectivity index (χ4v) is 4.99. The van der Waals surface area contributed by atoms with Gasteiger partial charge in [-0.2, -0.15) is 4.98 Å². The number of carbonyl (C=O) groups is 1. The van der Waals surface area contributed by atoms with Gasteiger partial charge in [0, 0.05) is 12.3 Å². The van der Waals surface area contributed by atoms with Gasteiger partial charge in [-0.05, 0) is 17.2 Å². The molecule has 3 heterocycles. The average Bonchev–Trinajstić information content (AvgIpc) is 3.23. The number of aromatic nitrogens is 4. The Morgan fingerprint density at radius 2 is 2.04 bits per heavy atom. The molecule has 8 nitrogen and oxygen atoms in total. The largest absolute Gasteiger partial charge is 0.389 e. The van der Waals surface area contributed by atoms with Gasteiger partial charge in [0.05, 0.1) is 12.4 Å². The van der Waals surface area contributed by atoms with Gasteiger partial charge in [0.15, 0.2) is 10.8 Å². The summed E-state index contributed by atoms with van der Waals surface area (Å²) in [6, 6.07) is 9.36. The predicted octanol–water partition coefficient (Wildman–Crippen LogP) is 1.57. The quantitative estimate of drug-likeness (QED) is 0.417. The van der Waals surface area contributed by atoms with Crippen LogP contribution in [0, 0.1) is 0 Å². The monoisotopic (exact) mass is 439 g/mol. The van der Waals surface area contributed by atoms with Crippen LogP contribution in [-0.4, -0.2) is 53.6 Å². The number of thioether (sulfide) groups is 1. The second kappa shape index (κ2) is 7.49. The van der Waals surface area contributed by atoms with Crippen LogP contribution < -0.4 is 5.32 Å². The standard InChI is InChI=1S/C17H15Cl2N5O3S/c18-13-11-14(23-16(19)22-13)24(8-21-11)17(12(26)10(25)7-28-17)15(27)20-6-9-4-2-1-3-5-9/h1-5,8,10,12,25-26H,6-7H2,(H,20,27)/t10-,12-,17+/m0/s1. The van der Waals surface area contributed by atoms with Crippen molar-refractivity contribution in [2.24, 2.45) is 0 Å². The van der Waals surface area contributed by atoms with Gasteiger partial charge in [-0.15, -0.1) is 11.8 Å². The number of hydrogen-bond donors (Lipinski definition) is 3. The van der Waals surface area contributed by atoms with Gasteiger partial charge in [0.25, 0.3) is 5.91 Å². The summed E-state index contributed by atoms with van der Waals surface area (Å²) in [5.74, 6) is -0.331. The number of aliphatic hydroxyl groups is 2. The number of halogens is 2. The van der Waals surface area contributed by atoms with E-state index in [4.69, 9.17) is 23.2 Å². The smallest absolute Gasteiger partial charge is 0.260 e. The fourth-order valence-electron chi connectivity index (χ4n) is 3.16. The van der Waals surface area contributed by atoms with Gasteiger partial charge in [0.2, 0.25) is 10.2 Å². The summed E-state index contributed by atoms with van der Waals surface area (Å²) in [4.78, 5) is 23.8. The Balaban J connectivity index is 1.77. The highest BCUT2D eigenvalue weighted by atomic mass is 35.5. The molecule has 28 heavy (non-hydrogen) atoms. The van der Waals surface area contributed by atoms with Crippen molar-refractivity contribution in [3.63, 3.8) is 0 Å². The summed E-state index contributed by atoms with van der Waals surface area (Å²) in [6.07, 6.45) is -1.14. The van der Waals surface area contributed by atoms with Crippen LogP contribution in [0.5, 0.6) is 0 Å². The van der Waals surface area contributed by atoms with Crippen LogP contribution in [0.2, 0.25) is 10.4 Å². The summed E-state index contributed by atoms with van der Waals surface area (Å²) in [5, 5.41) is 23.7. The van der Waals surface area contributed by atoms with Crippen LogP contribution in [0.25, 0.3) is 11.2 Å². The van der Waals surface area contributed by atoms with Crippen molar-refractivity contribution in [1.29, 1.82) is 0 Å². The lowest BCUT2D eigenvalue weighted by molar-refractivity contribution is -0.132. The zero-order valence-electron chi connectivity index (χ0n) is 14.3. The highest BCUT2D eigenvalue weighted by Gasteiger charge is 2.56. The van der Waals surface area contributed by atoms with Crippen molar-refractivity contribution >= 4 is 52.0 Å². The molecule has 0 aliphatic carbocycles. The predicted molar refractivity (Wildman–Crippen MR) is 106 cm³/mol. The fraction of sp³-hybridized carbons (Fsp3) is 0.294. The third-order valence-electron chi connectivity index (χ3n) is 4.54. The molecule has 0 radical (unpaired) electrons. The molecule has 1 aromatic carbocycles. The maximum absolute atomic E-state index is 13.2. The van der Waals surface area contributed by atoms with Gasteiger partial charge in [-0.3, -0.25) is 9.36 Å². The Kier molecular flexibility index (Phi) is 5.19. The van der Waals surface area contributed by atoms with Crippen LogP contribution in [-0.2, 0) is 16.2 Å². The minimum atomic E-state index is -1.58. The molecule has 0 bridgehead atoms. The number of hydrogen-bond acceptors (Lipinski definition) is 7. The number of nitrogens with one attached hydrogen (secondary N) is 1. The van der Waals surface area contributed by atoms with E-state index in [2.05, 4.69) is 20.3 Å². The van der Waals surface area contributed by atoms with Crippen molar-refractivity contribution in [2.75, 3.05) is 5.75 Å². The lowest BCUT2D eigenvalue weighted by Crippen LogP contribution is -2.53. The number of fused-ring (bicyclic) bond motifs is 1. The first kappa shape index (κ1) is 19.4. The number of rotatable bonds is 4. The molecule has 0 spiro atoms. The van der Waals surface area contributed by atoms with Gasteiger partial charge >= 0.3 is 0 Å². The number of amides is 1. The second-order valence-corrected chi connectivity index (χ2v) is 8.20. The Bertz CT molecular complexity index is 1030. The summed E-state index contributed by atoms with van der Waals surface area (Å²) in [7, 11) is 0. The maximum atomic E-state index is 13.2. The van der Waals surface area contributed by atoms with E-state index in [1.54, 1.807) is 0 Å². The van der Waals surface area contributed by atoms with E-state index in [-0.39, 0.29) is 33.9 Å². The maximum Gasteiger partial charge on any atom is 0.260 e. The first-order chi connectivity index (χ1) is 13.4. The average molecular weight is 440 g/mol. The van der Waals surface area contributed by atoms with Gasteiger partial charge in [0.1, 0.15) is 11.6 Å². The Hall–Kier alpha value is -1.91. The molecule has 3 N–H and O–H groups in total. The van der Waals surface area contributed by atoms with E-state index in [1.807, 2.05) is 30.3 Å². The first-order valence-corrected chi connectivity index (χ1v) is 10.1. The molecule has 1 aliphatic heterocycles. The van der Waals surface area contributed by atoms with Gasteiger partial charge in [-0.1, -0.05) is 41.9 Å². The van der Waals surface area contributed by atoms with E-state index in [9.17, 15) is 15.0 Å². The molecular weight excluding hydrogens is 425 g/mol. The van der Waals surface area contributed by atoms with Crippen LogP contribution in [0.4, 0.5) is 0 Å². The number of imidazole rings is 1. The molecule has 3 aromatic rings. The van der Waals surface area contributed by atoms with E-state index >= 15 is 0 Å². The highest BCUT2D eigenvalue weighted by molar-refractivity contribution is 8.01. The molecule has 1 fully saturated rings. The zero-order valence-corrected chi connectivity index (χ0v) is 16.6. The van der Waals surface area contributed by atoms with Crippen molar-refractivity contribution in [2.45, 2.75) is 23.6 Å². The van der Waals surface area contributed by atoms with Gasteiger partial charge < -0.3 is 15.5 Å². The van der Waals surface area contributed by atoms with Crippen molar-refractivity contribution < 1.29 is 15.0 Å². The van der Waals surface area contributed by atoms with Gasteiger partial charge in [-0.25, -0.2) is 9.97 Å². The molecule has 2 aromatic heterocycles. The lowest BCUT2D eigenvalue weighted by atomic mass is 10.0. The molecule has 4 rings (SSSR count). The third kappa shape index (κ3) is 3.13. The van der Waals surface area contributed by atoms with E-state index in [1.165, 1.54) is 10.9 Å². The van der Waals surface area contributed by atoms with E-state index < -0.39 is 23.0 Å². The SMILES string of the molecule is O=C(NCc1ccccc1)[C@]1(n2cnc3c(Cl)nc(Cl)nc32)SC[C@H](O)[C@@H]1O. The summed E-state index contributed by atoms with van der Waals surface area (Å²) >= 11 is 13.1. The van der Waals surface area contributed by atoms with E-state index in [0.717, 1.165) is 17.3 Å². The molecule has 146 valence electrons. The minimum Gasteiger partial charge on any atom is -0.389 e. The zero-order chi connectivity index (χ0) is 19.9. The van der Waals surface area contributed by atoms with Crippen LogP contribution >= 0.6 is 35.0 Å². The minimum absolute atomic E-state index is 0.0339. The Labute approximate surface area is 173 Å². The van der Waals surface area contributed by atoms with Crippen LogP contribution in [0.15, 0.2) is 36.7 Å². The molecule has 0 saturated carbocycles. The number of nitrogens with zero attached hydrogens (tertiary/aromatic N) is 4. The second-order valence-electron chi connectivity index (χ2n) is 6.26. The van der Waals surface area contributed by atoms with Crippen LogP contribution in [0.1, 0.15) is 5.56 Å². The van der Waals surface area contributed by atoms with Crippen LogP contribution in [0.3, 0.4) is 0 Å². The molecule has 1 saturated heterocycles. The first-order valence-electron chi connectivity index (χ1n) is 8.32. The summed E-state index contributed by atoms with van der Waals surface area (Å²) in [5.41, 5.74) is 1.34. The molecule has 3 atom stereocenters. The summed E-state index contributed by atoms with van der Waals surface area (Å²) in [6.45, 7) is 0.258. The topological polar surface area (TPSA) is 113 Å². The molecule has 0 unspecified atom stereocenters. The number of aliphatic hydroxyl groups excluding tert-OH is 2. The van der Waals surface area contributed by atoms with Crippen molar-refractivity contribution in [3.8, 4) is 0 Å². The summed E-state index contributed by atoms with van der Waals surface area (Å²) < 4.78 is 1.40. The molecular formula is C17H15Cl2N5O3S. The van der Waals surface area contributed by atoms with E-state index in [0.29, 0.717) is 0 Å². The molecule has 11 heteroatoms. The Morgan fingerprint density at radius 3 is 2.71 bits per heavy atom. The highest BCUT2D eigenvalue weighted by Crippen LogP contribution is 2.45.